The zero-order valence-corrected chi connectivity index (χ0v) is 16.2. The van der Waals surface area contributed by atoms with Gasteiger partial charge in [0, 0.05) is 13.0 Å². The van der Waals surface area contributed by atoms with Gasteiger partial charge in [-0.25, -0.2) is 4.98 Å². The van der Waals surface area contributed by atoms with Crippen molar-refractivity contribution in [1.82, 2.24) is 19.7 Å². The second-order valence-electron chi connectivity index (χ2n) is 6.09. The van der Waals surface area contributed by atoms with Crippen LogP contribution in [-0.4, -0.2) is 38.0 Å². The first-order valence-electron chi connectivity index (χ1n) is 8.49. The molecule has 1 amide bonds. The molecule has 0 aliphatic heterocycles. The molecule has 3 aromatic rings. The lowest BCUT2D eigenvalue weighted by molar-refractivity contribution is -0.113. The fraction of sp³-hybridized carbons (Fsp3) is 0.412. The Morgan fingerprint density at radius 2 is 2.27 bits per heavy atom. The van der Waals surface area contributed by atoms with E-state index in [0.717, 1.165) is 26.9 Å². The predicted molar refractivity (Wildman–Crippen MR) is 103 cm³/mol. The topological polar surface area (TPSA) is 81.9 Å². The molecular formula is C17H19N5O2S2. The Bertz CT molecular complexity index is 948. The minimum Gasteiger partial charge on any atom is -0.494 e. The van der Waals surface area contributed by atoms with Crippen LogP contribution in [0, 0.1) is 0 Å². The highest BCUT2D eigenvalue weighted by Gasteiger charge is 2.29. The van der Waals surface area contributed by atoms with Gasteiger partial charge in [-0.05, 0) is 38.0 Å². The maximum atomic E-state index is 12.2. The minimum atomic E-state index is -0.102. The Balaban J connectivity index is 1.37. The summed E-state index contributed by atoms with van der Waals surface area (Å²) in [5.74, 6) is 2.54. The summed E-state index contributed by atoms with van der Waals surface area (Å²) in [6.45, 7) is 2.57. The first-order valence-corrected chi connectivity index (χ1v) is 10.3. The third-order valence-electron chi connectivity index (χ3n) is 4.06. The Kier molecular flexibility index (Phi) is 4.82. The highest BCUT2D eigenvalue weighted by Crippen LogP contribution is 2.39. The van der Waals surface area contributed by atoms with E-state index in [1.807, 2.05) is 36.7 Å². The molecule has 4 rings (SSSR count). The van der Waals surface area contributed by atoms with Crippen LogP contribution in [0.1, 0.15) is 31.5 Å². The van der Waals surface area contributed by atoms with Crippen molar-refractivity contribution in [3.8, 4) is 5.75 Å². The van der Waals surface area contributed by atoms with E-state index in [4.69, 9.17) is 4.74 Å². The molecular weight excluding hydrogens is 370 g/mol. The van der Waals surface area contributed by atoms with Gasteiger partial charge in [0.1, 0.15) is 11.6 Å². The summed E-state index contributed by atoms with van der Waals surface area (Å²) in [4.78, 5) is 16.7. The van der Waals surface area contributed by atoms with Gasteiger partial charge in [-0.15, -0.1) is 10.2 Å². The van der Waals surface area contributed by atoms with Crippen LogP contribution in [0.4, 0.5) is 5.13 Å². The van der Waals surface area contributed by atoms with Crippen molar-refractivity contribution in [2.75, 3.05) is 17.7 Å². The molecule has 2 aromatic heterocycles. The van der Waals surface area contributed by atoms with Gasteiger partial charge in [-0.1, -0.05) is 23.1 Å². The van der Waals surface area contributed by atoms with Gasteiger partial charge in [-0.3, -0.25) is 4.79 Å². The average molecular weight is 390 g/mol. The summed E-state index contributed by atoms with van der Waals surface area (Å²) >= 11 is 2.83. The molecule has 0 spiro atoms. The number of carbonyl (C=O) groups is 1. The summed E-state index contributed by atoms with van der Waals surface area (Å²) in [6, 6.07) is 5.73. The molecule has 1 N–H and O–H groups in total. The van der Waals surface area contributed by atoms with Crippen molar-refractivity contribution >= 4 is 44.4 Å². The first-order chi connectivity index (χ1) is 12.6. The van der Waals surface area contributed by atoms with Crippen LogP contribution < -0.4 is 10.1 Å². The van der Waals surface area contributed by atoms with E-state index >= 15 is 0 Å². The lowest BCUT2D eigenvalue weighted by Gasteiger charge is -2.03. The third-order valence-corrected chi connectivity index (χ3v) is 6.01. The van der Waals surface area contributed by atoms with Crippen molar-refractivity contribution in [1.29, 1.82) is 0 Å². The van der Waals surface area contributed by atoms with Crippen molar-refractivity contribution in [2.24, 2.45) is 7.05 Å². The van der Waals surface area contributed by atoms with Gasteiger partial charge < -0.3 is 14.6 Å². The number of carbonyl (C=O) groups excluding carboxylic acids is 1. The van der Waals surface area contributed by atoms with Crippen molar-refractivity contribution in [3.63, 3.8) is 0 Å². The number of fused-ring (bicyclic) bond motifs is 1. The van der Waals surface area contributed by atoms with Crippen molar-refractivity contribution in [2.45, 2.75) is 30.8 Å². The molecule has 0 atom stereocenters. The number of thiazole rings is 1. The van der Waals surface area contributed by atoms with E-state index in [1.165, 1.54) is 35.9 Å². The van der Waals surface area contributed by atoms with E-state index < -0.39 is 0 Å². The molecule has 26 heavy (non-hydrogen) atoms. The van der Waals surface area contributed by atoms with Crippen LogP contribution in [0.2, 0.25) is 0 Å². The second-order valence-corrected chi connectivity index (χ2v) is 8.07. The first kappa shape index (κ1) is 17.3. The number of ether oxygens (including phenoxy) is 1. The Morgan fingerprint density at radius 1 is 1.42 bits per heavy atom. The quantitative estimate of drug-likeness (QED) is 0.624. The molecule has 0 radical (unpaired) electrons. The van der Waals surface area contributed by atoms with Crippen LogP contribution in [-0.2, 0) is 11.8 Å². The minimum absolute atomic E-state index is 0.102. The summed E-state index contributed by atoms with van der Waals surface area (Å²) in [5.41, 5.74) is 0.851. The molecule has 1 aliphatic carbocycles. The number of nitrogens with one attached hydrogen (secondary N) is 1. The molecule has 2 heterocycles. The highest BCUT2D eigenvalue weighted by molar-refractivity contribution is 7.99. The molecule has 0 bridgehead atoms. The number of rotatable bonds is 7. The van der Waals surface area contributed by atoms with Crippen LogP contribution in [0.5, 0.6) is 5.75 Å². The van der Waals surface area contributed by atoms with Gasteiger partial charge in [0.05, 0.1) is 22.6 Å². The lowest BCUT2D eigenvalue weighted by Crippen LogP contribution is -2.14. The number of hydrogen-bond donors (Lipinski definition) is 1. The maximum Gasteiger partial charge on any atom is 0.236 e. The third kappa shape index (κ3) is 3.68. The zero-order valence-electron chi connectivity index (χ0n) is 14.6. The van der Waals surface area contributed by atoms with E-state index in [0.29, 0.717) is 17.7 Å². The lowest BCUT2D eigenvalue weighted by atomic mass is 10.3. The number of hydrogen-bond acceptors (Lipinski definition) is 7. The largest absolute Gasteiger partial charge is 0.494 e. The van der Waals surface area contributed by atoms with E-state index in [2.05, 4.69) is 20.5 Å². The molecule has 1 saturated carbocycles. The number of amides is 1. The van der Waals surface area contributed by atoms with Gasteiger partial charge in [0.15, 0.2) is 10.3 Å². The number of thioether (sulfide) groups is 1. The molecule has 0 saturated heterocycles. The van der Waals surface area contributed by atoms with Crippen LogP contribution >= 0.6 is 23.1 Å². The van der Waals surface area contributed by atoms with Crippen LogP contribution in [0.3, 0.4) is 0 Å². The summed E-state index contributed by atoms with van der Waals surface area (Å²) < 4.78 is 8.48. The normalized spacial score (nSPS) is 13.9. The predicted octanol–water partition coefficient (Wildman–Crippen LogP) is 3.43. The Hall–Kier alpha value is -2.13. The number of anilines is 1. The molecule has 1 aliphatic rings. The van der Waals surface area contributed by atoms with Gasteiger partial charge in [0.25, 0.3) is 0 Å². The molecule has 9 heteroatoms. The number of aromatic nitrogens is 4. The fourth-order valence-electron chi connectivity index (χ4n) is 2.65. The molecule has 1 fully saturated rings. The van der Waals surface area contributed by atoms with Gasteiger partial charge >= 0.3 is 0 Å². The highest BCUT2D eigenvalue weighted by atomic mass is 32.2. The Labute approximate surface area is 159 Å². The van der Waals surface area contributed by atoms with Crippen molar-refractivity contribution < 1.29 is 9.53 Å². The molecule has 0 unspecified atom stereocenters. The molecule has 7 nitrogen and oxygen atoms in total. The summed E-state index contributed by atoms with van der Waals surface area (Å²) in [6.07, 6.45) is 2.36. The zero-order chi connectivity index (χ0) is 18.1. The SMILES string of the molecule is CCOc1ccc2nc(NC(=O)CSc3nnc(C4CC4)n3C)sc2c1. The second kappa shape index (κ2) is 7.24. The van der Waals surface area contributed by atoms with Crippen LogP contribution in [0.25, 0.3) is 10.2 Å². The van der Waals surface area contributed by atoms with Gasteiger partial charge in [-0.2, -0.15) is 0 Å². The summed E-state index contributed by atoms with van der Waals surface area (Å²) in [5, 5.41) is 12.6. The number of benzene rings is 1. The average Bonchev–Trinajstić information content (AvgIpc) is 3.28. The maximum absolute atomic E-state index is 12.2. The van der Waals surface area contributed by atoms with Gasteiger partial charge in [0.2, 0.25) is 5.91 Å². The van der Waals surface area contributed by atoms with Crippen molar-refractivity contribution in [3.05, 3.63) is 24.0 Å². The summed E-state index contributed by atoms with van der Waals surface area (Å²) in [7, 11) is 1.96. The van der Waals surface area contributed by atoms with E-state index in [9.17, 15) is 4.79 Å². The van der Waals surface area contributed by atoms with E-state index in [-0.39, 0.29) is 11.7 Å². The monoisotopic (exact) mass is 389 g/mol. The molecule has 1 aromatic carbocycles. The molecule has 136 valence electrons. The standard InChI is InChI=1S/C17H19N5O2S2/c1-3-24-11-6-7-12-13(8-11)26-16(18-12)19-14(23)9-25-17-21-20-15(22(17)2)10-4-5-10/h6-8,10H,3-5,9H2,1-2H3,(H,18,19,23). The van der Waals surface area contributed by atoms with E-state index in [1.54, 1.807) is 0 Å². The fourth-order valence-corrected chi connectivity index (χ4v) is 4.28. The smallest absolute Gasteiger partial charge is 0.236 e. The van der Waals surface area contributed by atoms with Crippen LogP contribution in [0.15, 0.2) is 23.4 Å². The Morgan fingerprint density at radius 3 is 3.04 bits per heavy atom. The number of nitrogens with zero attached hydrogens (tertiary/aromatic N) is 4.